The number of hydrogen-bond acceptors (Lipinski definition) is 4. The number of carbonyl (C=O) groups is 1. The Labute approximate surface area is 160 Å². The highest BCUT2D eigenvalue weighted by molar-refractivity contribution is 5.85. The van der Waals surface area contributed by atoms with E-state index in [9.17, 15) is 10.1 Å². The lowest BCUT2D eigenvalue weighted by Crippen LogP contribution is -2.37. The maximum Gasteiger partial charge on any atom is 0.230 e. The third kappa shape index (κ3) is 3.26. The molecule has 0 radical (unpaired) electrons. The third-order valence-corrected chi connectivity index (χ3v) is 5.88. The predicted molar refractivity (Wildman–Crippen MR) is 103 cm³/mol. The highest BCUT2D eigenvalue weighted by Gasteiger charge is 2.50. The molecular weight excluding hydrogens is 338 g/mol. The van der Waals surface area contributed by atoms with Gasteiger partial charge in [0.15, 0.2) is 0 Å². The summed E-state index contributed by atoms with van der Waals surface area (Å²) in [4.78, 5) is 17.2. The smallest absolute Gasteiger partial charge is 0.230 e. The number of likely N-dealkylation sites (tertiary alicyclic amines) is 2. The summed E-state index contributed by atoms with van der Waals surface area (Å²) < 4.78 is 6.02. The highest BCUT2D eigenvalue weighted by Crippen LogP contribution is 2.41. The van der Waals surface area contributed by atoms with E-state index in [4.69, 9.17) is 4.42 Å². The maximum atomic E-state index is 12.8. The molecule has 1 amide bonds. The summed E-state index contributed by atoms with van der Waals surface area (Å²) in [6.45, 7) is 6.35. The van der Waals surface area contributed by atoms with Crippen LogP contribution in [-0.4, -0.2) is 41.9 Å². The molecule has 140 valence electrons. The lowest BCUT2D eigenvalue weighted by molar-refractivity contribution is -0.135. The predicted octanol–water partition coefficient (Wildman–Crippen LogP) is 3.65. The van der Waals surface area contributed by atoms with Crippen LogP contribution in [0.15, 0.2) is 40.8 Å². The van der Waals surface area contributed by atoms with Gasteiger partial charge in [0.05, 0.1) is 23.6 Å². The fourth-order valence-electron chi connectivity index (χ4n) is 4.47. The van der Waals surface area contributed by atoms with E-state index < -0.39 is 0 Å². The molecule has 1 aromatic carbocycles. The van der Waals surface area contributed by atoms with E-state index >= 15 is 0 Å². The Hall–Kier alpha value is -2.58. The monoisotopic (exact) mass is 363 g/mol. The first-order chi connectivity index (χ1) is 13.1. The summed E-state index contributed by atoms with van der Waals surface area (Å²) >= 11 is 0. The fraction of sp³-hybridized carbons (Fsp3) is 0.455. The van der Waals surface area contributed by atoms with Crippen molar-refractivity contribution in [1.82, 2.24) is 9.80 Å². The average molecular weight is 363 g/mol. The van der Waals surface area contributed by atoms with E-state index in [1.54, 1.807) is 6.07 Å². The zero-order chi connectivity index (χ0) is 18.9. The summed E-state index contributed by atoms with van der Waals surface area (Å²) in [6.07, 6.45) is 2.93. The summed E-state index contributed by atoms with van der Waals surface area (Å²) in [7, 11) is 0. The van der Waals surface area contributed by atoms with Crippen LogP contribution in [0.1, 0.15) is 37.5 Å². The molecule has 4 rings (SSSR count). The molecule has 3 heterocycles. The first kappa shape index (κ1) is 17.8. The number of furan rings is 1. The van der Waals surface area contributed by atoms with E-state index in [1.165, 1.54) is 0 Å². The highest BCUT2D eigenvalue weighted by atomic mass is 16.3. The summed E-state index contributed by atoms with van der Waals surface area (Å²) in [5.74, 6) is 1.95. The number of nitriles is 1. The Kier molecular flexibility index (Phi) is 4.75. The van der Waals surface area contributed by atoms with Gasteiger partial charge >= 0.3 is 0 Å². The minimum Gasteiger partial charge on any atom is -0.460 e. The molecule has 1 atom stereocenters. The molecule has 0 bridgehead atoms. The van der Waals surface area contributed by atoms with Crippen molar-refractivity contribution in [2.24, 2.45) is 5.41 Å². The molecule has 2 aromatic rings. The van der Waals surface area contributed by atoms with Gasteiger partial charge in [0.2, 0.25) is 5.91 Å². The largest absolute Gasteiger partial charge is 0.460 e. The van der Waals surface area contributed by atoms with E-state index in [-0.39, 0.29) is 5.41 Å². The normalized spacial score (nSPS) is 22.7. The van der Waals surface area contributed by atoms with Crippen LogP contribution in [0.5, 0.6) is 0 Å². The molecule has 27 heavy (non-hydrogen) atoms. The van der Waals surface area contributed by atoms with E-state index in [2.05, 4.69) is 17.9 Å². The second-order valence-electron chi connectivity index (χ2n) is 7.71. The molecule has 0 saturated carbocycles. The first-order valence-electron chi connectivity index (χ1n) is 9.75. The molecule has 2 fully saturated rings. The van der Waals surface area contributed by atoms with Crippen LogP contribution in [0.3, 0.4) is 0 Å². The zero-order valence-corrected chi connectivity index (χ0v) is 15.8. The summed E-state index contributed by atoms with van der Waals surface area (Å²) in [5, 5.41) is 9.28. The molecule has 5 heteroatoms. The SMILES string of the molecule is CCCN1CCC2(CCN(Cc3ccc(-c4ccccc4C#N)o3)C2)C1=O. The standard InChI is InChI=1S/C22H25N3O2/c1-2-11-25-13-10-22(21(25)26)9-12-24(16-22)15-18-7-8-20(27-18)19-6-4-3-5-17(19)14-23/h3-8H,2,9-13,15-16H2,1H3. The van der Waals surface area contributed by atoms with Gasteiger partial charge in [-0.2, -0.15) is 5.26 Å². The summed E-state index contributed by atoms with van der Waals surface area (Å²) in [5.41, 5.74) is 1.26. The number of amides is 1. The van der Waals surface area contributed by atoms with Gasteiger partial charge < -0.3 is 9.32 Å². The van der Waals surface area contributed by atoms with Crippen LogP contribution in [0.2, 0.25) is 0 Å². The van der Waals surface area contributed by atoms with Crippen LogP contribution < -0.4 is 0 Å². The number of nitrogens with zero attached hydrogens (tertiary/aromatic N) is 3. The maximum absolute atomic E-state index is 12.8. The lowest BCUT2D eigenvalue weighted by atomic mass is 9.85. The molecular formula is C22H25N3O2. The van der Waals surface area contributed by atoms with Crippen LogP contribution in [0.25, 0.3) is 11.3 Å². The van der Waals surface area contributed by atoms with Crippen molar-refractivity contribution in [3.8, 4) is 17.4 Å². The Morgan fingerprint density at radius 2 is 2.00 bits per heavy atom. The van der Waals surface area contributed by atoms with Crippen molar-refractivity contribution in [2.45, 2.75) is 32.7 Å². The Morgan fingerprint density at radius 1 is 1.19 bits per heavy atom. The second kappa shape index (κ2) is 7.21. The summed E-state index contributed by atoms with van der Waals surface area (Å²) in [6, 6.07) is 13.6. The molecule has 5 nitrogen and oxygen atoms in total. The van der Waals surface area contributed by atoms with Gasteiger partial charge in [-0.15, -0.1) is 0 Å². The van der Waals surface area contributed by atoms with Crippen LogP contribution in [0, 0.1) is 16.7 Å². The van der Waals surface area contributed by atoms with Gasteiger partial charge in [0, 0.05) is 25.2 Å². The van der Waals surface area contributed by atoms with Gasteiger partial charge in [-0.25, -0.2) is 0 Å². The van der Waals surface area contributed by atoms with Crippen molar-refractivity contribution in [3.63, 3.8) is 0 Å². The first-order valence-corrected chi connectivity index (χ1v) is 9.75. The van der Waals surface area contributed by atoms with E-state index in [0.29, 0.717) is 18.0 Å². The quantitative estimate of drug-likeness (QED) is 0.813. The van der Waals surface area contributed by atoms with Gasteiger partial charge in [-0.1, -0.05) is 19.1 Å². The van der Waals surface area contributed by atoms with Crippen molar-refractivity contribution in [1.29, 1.82) is 5.26 Å². The van der Waals surface area contributed by atoms with Crippen molar-refractivity contribution < 1.29 is 9.21 Å². The molecule has 0 aliphatic carbocycles. The van der Waals surface area contributed by atoms with Crippen LogP contribution in [-0.2, 0) is 11.3 Å². The Bertz CT molecular complexity index is 882. The topological polar surface area (TPSA) is 60.5 Å². The van der Waals surface area contributed by atoms with Gasteiger partial charge in [0.25, 0.3) is 0 Å². The fourth-order valence-corrected chi connectivity index (χ4v) is 4.47. The van der Waals surface area contributed by atoms with Gasteiger partial charge in [-0.05, 0) is 50.1 Å². The second-order valence-corrected chi connectivity index (χ2v) is 7.71. The Morgan fingerprint density at radius 3 is 2.81 bits per heavy atom. The lowest BCUT2D eigenvalue weighted by Gasteiger charge is -2.23. The third-order valence-electron chi connectivity index (χ3n) is 5.88. The number of rotatable bonds is 5. The minimum absolute atomic E-state index is 0.183. The molecule has 1 aromatic heterocycles. The zero-order valence-electron chi connectivity index (χ0n) is 15.8. The van der Waals surface area contributed by atoms with Crippen molar-refractivity contribution in [3.05, 3.63) is 47.7 Å². The molecule has 2 aliphatic heterocycles. The number of benzene rings is 1. The molecule has 2 saturated heterocycles. The molecule has 1 unspecified atom stereocenters. The van der Waals surface area contributed by atoms with Crippen molar-refractivity contribution >= 4 is 5.91 Å². The van der Waals surface area contributed by atoms with Crippen LogP contribution in [0.4, 0.5) is 0 Å². The van der Waals surface area contributed by atoms with E-state index in [0.717, 1.165) is 62.5 Å². The molecule has 2 aliphatic rings. The Balaban J connectivity index is 1.44. The minimum atomic E-state index is -0.183. The van der Waals surface area contributed by atoms with Crippen molar-refractivity contribution in [2.75, 3.05) is 26.2 Å². The molecule has 1 spiro atoms. The van der Waals surface area contributed by atoms with Crippen LogP contribution >= 0.6 is 0 Å². The van der Waals surface area contributed by atoms with E-state index in [1.807, 2.05) is 35.2 Å². The number of hydrogen-bond donors (Lipinski definition) is 0. The number of carbonyl (C=O) groups excluding carboxylic acids is 1. The average Bonchev–Trinajstić information content (AvgIpc) is 3.39. The van der Waals surface area contributed by atoms with Gasteiger partial charge in [-0.3, -0.25) is 9.69 Å². The molecule has 0 N–H and O–H groups in total. The van der Waals surface area contributed by atoms with Gasteiger partial charge in [0.1, 0.15) is 11.5 Å².